The maximum Gasteiger partial charge on any atom is 0.323 e. The second kappa shape index (κ2) is 34.8. The molecular formula is C51H92O6. The minimum Gasteiger partial charge on any atom is -0.507 e. The van der Waals surface area contributed by atoms with E-state index in [1.807, 2.05) is 20.8 Å². The molecule has 0 saturated carbocycles. The third-order valence-electron chi connectivity index (χ3n) is 11.8. The van der Waals surface area contributed by atoms with Crippen LogP contribution in [0.2, 0.25) is 0 Å². The number of aromatic hydroxyl groups is 1. The lowest BCUT2D eigenvalue weighted by atomic mass is 9.82. The van der Waals surface area contributed by atoms with Crippen molar-refractivity contribution in [2.24, 2.45) is 5.92 Å². The highest BCUT2D eigenvalue weighted by molar-refractivity contribution is 5.95. The number of aliphatic hydroxyl groups is 1. The van der Waals surface area contributed by atoms with E-state index in [-0.39, 0.29) is 19.0 Å². The van der Waals surface area contributed by atoms with Gasteiger partial charge < -0.3 is 19.7 Å². The van der Waals surface area contributed by atoms with Gasteiger partial charge in [-0.3, -0.25) is 9.59 Å². The number of hydrogen-bond acceptors (Lipinski definition) is 6. The van der Waals surface area contributed by atoms with Gasteiger partial charge in [0.25, 0.3) is 0 Å². The van der Waals surface area contributed by atoms with Gasteiger partial charge in [0.2, 0.25) is 0 Å². The zero-order valence-corrected chi connectivity index (χ0v) is 38.4. The minimum atomic E-state index is -1.48. The predicted molar refractivity (Wildman–Crippen MR) is 241 cm³/mol. The van der Waals surface area contributed by atoms with Crippen molar-refractivity contribution >= 4 is 11.9 Å². The maximum atomic E-state index is 13.4. The first-order valence-electron chi connectivity index (χ1n) is 24.4. The molecule has 1 atom stereocenters. The van der Waals surface area contributed by atoms with Gasteiger partial charge >= 0.3 is 11.9 Å². The first kappa shape index (κ1) is 52.9. The molecule has 1 rings (SSSR count). The molecule has 1 unspecified atom stereocenters. The first-order valence-corrected chi connectivity index (χ1v) is 24.4. The molecule has 0 saturated heterocycles. The molecule has 332 valence electrons. The van der Waals surface area contributed by atoms with Crippen molar-refractivity contribution in [2.45, 2.75) is 259 Å². The summed E-state index contributed by atoms with van der Waals surface area (Å²) in [5.74, 6) is -2.82. The van der Waals surface area contributed by atoms with Crippen molar-refractivity contribution in [3.8, 4) is 5.75 Å². The smallest absolute Gasteiger partial charge is 0.323 e. The van der Waals surface area contributed by atoms with Crippen LogP contribution in [0.3, 0.4) is 0 Å². The largest absolute Gasteiger partial charge is 0.507 e. The number of benzene rings is 1. The summed E-state index contributed by atoms with van der Waals surface area (Å²) < 4.78 is 11.3. The molecule has 0 heterocycles. The molecule has 6 heteroatoms. The Morgan fingerprint density at radius 2 is 0.789 bits per heavy atom. The molecule has 0 aromatic heterocycles. The SMILES string of the molecule is CCCCCCCCCCCCCCCCCCOC(=O)C(C(=O)OCCCCCCCCCCCCCCCCCC)C(O)c1cc(C)c(O)c(C(C)(C)C)c1. The topological polar surface area (TPSA) is 93.1 Å². The van der Waals surface area contributed by atoms with Gasteiger partial charge in [0.1, 0.15) is 11.9 Å². The number of ether oxygens (including phenoxy) is 2. The average molecular weight is 801 g/mol. The molecule has 2 N–H and O–H groups in total. The second-order valence-electron chi connectivity index (χ2n) is 18.3. The van der Waals surface area contributed by atoms with Gasteiger partial charge in [-0.1, -0.05) is 227 Å². The predicted octanol–water partition coefficient (Wildman–Crippen LogP) is 15.3. The van der Waals surface area contributed by atoms with Gasteiger partial charge in [0.05, 0.1) is 13.2 Å². The summed E-state index contributed by atoms with van der Waals surface area (Å²) in [4.78, 5) is 26.9. The van der Waals surface area contributed by atoms with E-state index in [2.05, 4.69) is 13.8 Å². The van der Waals surface area contributed by atoms with E-state index in [0.29, 0.717) is 16.7 Å². The summed E-state index contributed by atoms with van der Waals surface area (Å²) in [5.41, 5.74) is 1.23. The molecule has 0 aliphatic heterocycles. The van der Waals surface area contributed by atoms with Crippen LogP contribution in [0.4, 0.5) is 0 Å². The van der Waals surface area contributed by atoms with E-state index in [4.69, 9.17) is 9.47 Å². The van der Waals surface area contributed by atoms with Crippen LogP contribution in [0.15, 0.2) is 12.1 Å². The fourth-order valence-corrected chi connectivity index (χ4v) is 7.92. The van der Waals surface area contributed by atoms with Crippen LogP contribution in [0.1, 0.15) is 263 Å². The van der Waals surface area contributed by atoms with Crippen LogP contribution in [0, 0.1) is 12.8 Å². The summed E-state index contributed by atoms with van der Waals surface area (Å²) in [6, 6.07) is 3.35. The lowest BCUT2D eigenvalue weighted by Gasteiger charge is -2.26. The van der Waals surface area contributed by atoms with Crippen molar-refractivity contribution in [3.63, 3.8) is 0 Å². The van der Waals surface area contributed by atoms with E-state index in [9.17, 15) is 19.8 Å². The van der Waals surface area contributed by atoms with E-state index >= 15 is 0 Å². The molecule has 0 aliphatic rings. The highest BCUT2D eigenvalue weighted by Gasteiger charge is 2.38. The Bertz CT molecular complexity index is 1070. The number of aryl methyl sites for hydroxylation is 1. The number of phenols is 1. The maximum absolute atomic E-state index is 13.4. The van der Waals surface area contributed by atoms with Gasteiger partial charge in [-0.15, -0.1) is 0 Å². The number of carbonyl (C=O) groups is 2. The standard InChI is InChI=1S/C51H92O6/c1-7-9-11-13-15-17-19-21-23-25-27-29-31-33-35-37-39-56-49(54)46(48(53)44-41-43(3)47(52)45(42-44)51(4,5)6)50(55)57-40-38-36-34-32-30-28-26-24-22-20-18-16-14-12-10-8-2/h41-42,46,48,52-53H,7-40H2,1-6H3. The zero-order valence-electron chi connectivity index (χ0n) is 38.4. The number of aliphatic hydroxyl groups excluding tert-OH is 1. The lowest BCUT2D eigenvalue weighted by Crippen LogP contribution is -2.34. The van der Waals surface area contributed by atoms with Crippen LogP contribution in [-0.2, 0) is 24.5 Å². The summed E-state index contributed by atoms with van der Waals surface area (Å²) in [6.07, 6.45) is 39.0. The Morgan fingerprint density at radius 1 is 0.509 bits per heavy atom. The highest BCUT2D eigenvalue weighted by Crippen LogP contribution is 2.37. The van der Waals surface area contributed by atoms with E-state index in [1.165, 1.54) is 167 Å². The average Bonchev–Trinajstić information content (AvgIpc) is 3.17. The molecule has 57 heavy (non-hydrogen) atoms. The number of esters is 2. The zero-order chi connectivity index (χ0) is 42.0. The summed E-state index contributed by atoms with van der Waals surface area (Å²) in [5, 5.41) is 22.3. The molecule has 0 bridgehead atoms. The van der Waals surface area contributed by atoms with Crippen LogP contribution in [0.5, 0.6) is 5.75 Å². The van der Waals surface area contributed by atoms with Gasteiger partial charge in [0.15, 0.2) is 5.92 Å². The van der Waals surface area contributed by atoms with Crippen molar-refractivity contribution in [1.29, 1.82) is 0 Å². The molecular weight excluding hydrogens is 709 g/mol. The quantitative estimate of drug-likeness (QED) is 0.0393. The second-order valence-corrected chi connectivity index (χ2v) is 18.3. The highest BCUT2D eigenvalue weighted by atomic mass is 16.6. The summed E-state index contributed by atoms with van der Waals surface area (Å²) in [7, 11) is 0. The monoisotopic (exact) mass is 801 g/mol. The molecule has 0 spiro atoms. The molecule has 0 aliphatic carbocycles. The fourth-order valence-electron chi connectivity index (χ4n) is 7.92. The molecule has 6 nitrogen and oxygen atoms in total. The molecule has 1 aromatic rings. The summed E-state index contributed by atoms with van der Waals surface area (Å²) >= 11 is 0. The third-order valence-corrected chi connectivity index (χ3v) is 11.8. The van der Waals surface area contributed by atoms with Crippen molar-refractivity contribution < 1.29 is 29.3 Å². The van der Waals surface area contributed by atoms with Crippen LogP contribution < -0.4 is 0 Å². The van der Waals surface area contributed by atoms with Crippen molar-refractivity contribution in [1.82, 2.24) is 0 Å². The Balaban J connectivity index is 2.45. The van der Waals surface area contributed by atoms with Gasteiger partial charge in [0, 0.05) is 0 Å². The summed E-state index contributed by atoms with van der Waals surface area (Å²) in [6.45, 7) is 12.7. The number of unbranched alkanes of at least 4 members (excludes halogenated alkanes) is 30. The van der Waals surface area contributed by atoms with Gasteiger partial charge in [-0.05, 0) is 54.0 Å². The number of rotatable bonds is 38. The fraction of sp³-hybridized carbons (Fsp3) is 0.843. The number of hydrogen-bond donors (Lipinski definition) is 2. The van der Waals surface area contributed by atoms with Crippen LogP contribution in [0.25, 0.3) is 0 Å². The Hall–Kier alpha value is -2.08. The normalized spacial score (nSPS) is 12.4. The molecule has 0 radical (unpaired) electrons. The first-order chi connectivity index (χ1) is 27.5. The Labute approximate surface area is 352 Å². The van der Waals surface area contributed by atoms with E-state index in [0.717, 1.165) is 38.5 Å². The van der Waals surface area contributed by atoms with Gasteiger partial charge in [-0.25, -0.2) is 0 Å². The number of phenolic OH excluding ortho intramolecular Hbond substituents is 1. The Kier molecular flexibility index (Phi) is 32.3. The molecule has 0 fully saturated rings. The van der Waals surface area contributed by atoms with E-state index in [1.54, 1.807) is 19.1 Å². The van der Waals surface area contributed by atoms with E-state index < -0.39 is 29.4 Å². The molecule has 0 amide bonds. The van der Waals surface area contributed by atoms with Crippen molar-refractivity contribution in [2.75, 3.05) is 13.2 Å². The molecule has 1 aromatic carbocycles. The lowest BCUT2D eigenvalue weighted by molar-refractivity contribution is -0.168. The van der Waals surface area contributed by atoms with Crippen molar-refractivity contribution in [3.05, 3.63) is 28.8 Å². The number of carbonyl (C=O) groups excluding carboxylic acids is 2. The Morgan fingerprint density at radius 3 is 1.07 bits per heavy atom. The third kappa shape index (κ3) is 26.6. The van der Waals surface area contributed by atoms with Crippen LogP contribution in [-0.4, -0.2) is 35.4 Å². The van der Waals surface area contributed by atoms with Gasteiger partial charge in [-0.2, -0.15) is 0 Å². The van der Waals surface area contributed by atoms with Crippen LogP contribution >= 0.6 is 0 Å². The minimum absolute atomic E-state index is 0.159.